The number of carboxylic acids is 1. The lowest BCUT2D eigenvalue weighted by molar-refractivity contribution is -0.141. The van der Waals surface area contributed by atoms with Crippen molar-refractivity contribution in [1.82, 2.24) is 5.32 Å². The van der Waals surface area contributed by atoms with Gasteiger partial charge in [0.15, 0.2) is 0 Å². The fourth-order valence-electron chi connectivity index (χ4n) is 1.03. The molecule has 0 aromatic rings. The number of carbonyl (C=O) groups is 2. The summed E-state index contributed by atoms with van der Waals surface area (Å²) in [6, 6.07) is -0.703. The molecule has 12 heavy (non-hydrogen) atoms. The molecule has 1 aliphatic rings. The molecule has 1 heterocycles. The van der Waals surface area contributed by atoms with Gasteiger partial charge in [0.1, 0.15) is 6.04 Å². The summed E-state index contributed by atoms with van der Waals surface area (Å²) in [6.45, 7) is 1.92. The Morgan fingerprint density at radius 1 is 1.83 bits per heavy atom. The summed E-state index contributed by atoms with van der Waals surface area (Å²) in [5.74, 6) is -0.633. The molecule has 1 fully saturated rings. The third-order valence-corrected chi connectivity index (χ3v) is 3.22. The first kappa shape index (κ1) is 9.38. The molecule has 0 aromatic carbocycles. The van der Waals surface area contributed by atoms with Gasteiger partial charge in [-0.3, -0.25) is 4.79 Å². The number of amides is 1. The fourth-order valence-corrected chi connectivity index (χ4v) is 2.14. The molecule has 0 spiro atoms. The van der Waals surface area contributed by atoms with E-state index >= 15 is 0 Å². The average molecular weight is 189 g/mol. The molecule has 0 aliphatic carbocycles. The minimum absolute atomic E-state index is 0.0689. The number of hydrogen-bond acceptors (Lipinski definition) is 3. The van der Waals surface area contributed by atoms with Crippen LogP contribution in [0.25, 0.3) is 0 Å². The van der Waals surface area contributed by atoms with Crippen LogP contribution in [0.4, 0.5) is 0 Å². The van der Waals surface area contributed by atoms with Gasteiger partial charge in [0.25, 0.3) is 0 Å². The van der Waals surface area contributed by atoms with Crippen molar-refractivity contribution in [2.45, 2.75) is 24.6 Å². The predicted octanol–water partition coefficient (Wildman–Crippen LogP) is 0.0812. The molecule has 1 saturated heterocycles. The molecule has 2 N–H and O–H groups in total. The maximum absolute atomic E-state index is 11.1. The first-order valence-electron chi connectivity index (χ1n) is 3.80. The molecule has 1 aliphatic heterocycles. The Labute approximate surface area is 74.7 Å². The zero-order valence-electron chi connectivity index (χ0n) is 6.74. The zero-order chi connectivity index (χ0) is 9.14. The van der Waals surface area contributed by atoms with Crippen molar-refractivity contribution in [2.24, 2.45) is 0 Å². The molecule has 0 bridgehead atoms. The van der Waals surface area contributed by atoms with Crippen molar-refractivity contribution in [3.8, 4) is 0 Å². The zero-order valence-corrected chi connectivity index (χ0v) is 7.56. The molecule has 0 radical (unpaired) electrons. The van der Waals surface area contributed by atoms with Crippen LogP contribution < -0.4 is 5.32 Å². The van der Waals surface area contributed by atoms with E-state index in [-0.39, 0.29) is 11.2 Å². The molecule has 4 nitrogen and oxygen atoms in total. The second-order valence-corrected chi connectivity index (χ2v) is 3.87. The Balaban J connectivity index is 2.52. The van der Waals surface area contributed by atoms with Crippen LogP contribution in [0.2, 0.25) is 0 Å². The standard InChI is InChI=1S/C7H11NO3S/c1-2-5-6(9)8-4(3-12-5)7(10)11/h4-5H,2-3H2,1H3,(H,8,9)(H,10,11)/t4-,5+/m0/s1. The Morgan fingerprint density at radius 3 is 2.92 bits per heavy atom. The van der Waals surface area contributed by atoms with Crippen molar-refractivity contribution in [3.05, 3.63) is 0 Å². The van der Waals surface area contributed by atoms with Crippen LogP contribution in [0.5, 0.6) is 0 Å². The smallest absolute Gasteiger partial charge is 0.327 e. The van der Waals surface area contributed by atoms with Crippen molar-refractivity contribution in [2.75, 3.05) is 5.75 Å². The first-order chi connectivity index (χ1) is 5.65. The van der Waals surface area contributed by atoms with Gasteiger partial charge in [-0.15, -0.1) is 11.8 Å². The van der Waals surface area contributed by atoms with Gasteiger partial charge >= 0.3 is 5.97 Å². The van der Waals surface area contributed by atoms with E-state index in [9.17, 15) is 9.59 Å². The van der Waals surface area contributed by atoms with E-state index in [0.29, 0.717) is 5.75 Å². The third-order valence-electron chi connectivity index (χ3n) is 1.74. The van der Waals surface area contributed by atoms with E-state index < -0.39 is 12.0 Å². The summed E-state index contributed by atoms with van der Waals surface area (Å²) in [5, 5.41) is 11.0. The molecule has 1 amide bonds. The molecular formula is C7H11NO3S. The van der Waals surface area contributed by atoms with Gasteiger partial charge in [-0.05, 0) is 6.42 Å². The minimum atomic E-state index is -0.953. The SMILES string of the molecule is CC[C@H]1SC[C@@H](C(=O)O)NC1=O. The molecular weight excluding hydrogens is 178 g/mol. The van der Waals surface area contributed by atoms with Gasteiger partial charge in [0.05, 0.1) is 5.25 Å². The molecule has 68 valence electrons. The summed E-state index contributed by atoms with van der Waals surface area (Å²) < 4.78 is 0. The molecule has 0 aromatic heterocycles. The number of carboxylic acid groups (broad SMARTS) is 1. The van der Waals surface area contributed by atoms with Crippen molar-refractivity contribution in [3.63, 3.8) is 0 Å². The van der Waals surface area contributed by atoms with Crippen molar-refractivity contribution in [1.29, 1.82) is 0 Å². The van der Waals surface area contributed by atoms with E-state index in [1.807, 2.05) is 6.92 Å². The summed E-state index contributed by atoms with van der Waals surface area (Å²) in [4.78, 5) is 21.6. The van der Waals surface area contributed by atoms with Crippen molar-refractivity contribution < 1.29 is 14.7 Å². The van der Waals surface area contributed by atoms with E-state index in [1.165, 1.54) is 11.8 Å². The minimum Gasteiger partial charge on any atom is -0.480 e. The second kappa shape index (κ2) is 3.80. The number of hydrogen-bond donors (Lipinski definition) is 2. The number of aliphatic carboxylic acids is 1. The lowest BCUT2D eigenvalue weighted by Crippen LogP contribution is -2.50. The number of rotatable bonds is 2. The predicted molar refractivity (Wildman–Crippen MR) is 46.1 cm³/mol. The molecule has 0 unspecified atom stereocenters. The molecule has 5 heteroatoms. The van der Waals surface area contributed by atoms with Crippen LogP contribution >= 0.6 is 11.8 Å². The summed E-state index contributed by atoms with van der Waals surface area (Å²) >= 11 is 1.41. The maximum atomic E-state index is 11.1. The van der Waals surface area contributed by atoms with Gasteiger partial charge in [-0.2, -0.15) is 0 Å². The van der Waals surface area contributed by atoms with Crippen LogP contribution in [0.15, 0.2) is 0 Å². The summed E-state index contributed by atoms with van der Waals surface area (Å²) in [7, 11) is 0. The van der Waals surface area contributed by atoms with Gasteiger partial charge < -0.3 is 10.4 Å². The largest absolute Gasteiger partial charge is 0.480 e. The highest BCUT2D eigenvalue weighted by Gasteiger charge is 2.30. The van der Waals surface area contributed by atoms with E-state index in [2.05, 4.69) is 5.32 Å². The van der Waals surface area contributed by atoms with E-state index in [4.69, 9.17) is 5.11 Å². The highest BCUT2D eigenvalue weighted by molar-refractivity contribution is 8.00. The number of carbonyl (C=O) groups excluding carboxylic acids is 1. The normalized spacial score (nSPS) is 29.6. The highest BCUT2D eigenvalue weighted by atomic mass is 32.2. The third kappa shape index (κ3) is 1.91. The Morgan fingerprint density at radius 2 is 2.50 bits per heavy atom. The number of thioether (sulfide) groups is 1. The van der Waals surface area contributed by atoms with Gasteiger partial charge in [-0.1, -0.05) is 6.92 Å². The Hall–Kier alpha value is -0.710. The summed E-state index contributed by atoms with van der Waals surface area (Å²) in [5.41, 5.74) is 0. The quantitative estimate of drug-likeness (QED) is 0.645. The van der Waals surface area contributed by atoms with Crippen LogP contribution in [-0.2, 0) is 9.59 Å². The number of nitrogens with one attached hydrogen (secondary N) is 1. The van der Waals surface area contributed by atoms with Gasteiger partial charge in [0.2, 0.25) is 5.91 Å². The van der Waals surface area contributed by atoms with E-state index in [1.54, 1.807) is 0 Å². The lowest BCUT2D eigenvalue weighted by Gasteiger charge is -2.25. The van der Waals surface area contributed by atoms with E-state index in [0.717, 1.165) is 6.42 Å². The Kier molecular flexibility index (Phi) is 2.97. The fraction of sp³-hybridized carbons (Fsp3) is 0.714. The molecule has 2 atom stereocenters. The summed E-state index contributed by atoms with van der Waals surface area (Å²) in [6.07, 6.45) is 0.753. The highest BCUT2D eigenvalue weighted by Crippen LogP contribution is 2.20. The van der Waals surface area contributed by atoms with Crippen LogP contribution in [-0.4, -0.2) is 34.0 Å². The monoisotopic (exact) mass is 189 g/mol. The van der Waals surface area contributed by atoms with Gasteiger partial charge in [0, 0.05) is 5.75 Å². The lowest BCUT2D eigenvalue weighted by atomic mass is 10.2. The Bertz CT molecular complexity index is 207. The molecule has 0 saturated carbocycles. The first-order valence-corrected chi connectivity index (χ1v) is 4.84. The van der Waals surface area contributed by atoms with Crippen LogP contribution in [0, 0.1) is 0 Å². The average Bonchev–Trinajstić information content (AvgIpc) is 2.04. The van der Waals surface area contributed by atoms with Crippen molar-refractivity contribution >= 4 is 23.6 Å². The van der Waals surface area contributed by atoms with Gasteiger partial charge in [-0.25, -0.2) is 4.79 Å². The molecule has 1 rings (SSSR count). The second-order valence-electron chi connectivity index (χ2n) is 2.63. The topological polar surface area (TPSA) is 66.4 Å². The van der Waals surface area contributed by atoms with Crippen LogP contribution in [0.3, 0.4) is 0 Å². The van der Waals surface area contributed by atoms with Crippen LogP contribution in [0.1, 0.15) is 13.3 Å². The maximum Gasteiger partial charge on any atom is 0.327 e.